The second-order valence-corrected chi connectivity index (χ2v) is 7.47. The van der Waals surface area contributed by atoms with E-state index in [2.05, 4.69) is 6.92 Å². The molecule has 0 aromatic heterocycles. The summed E-state index contributed by atoms with van der Waals surface area (Å²) in [6, 6.07) is 13.6. The van der Waals surface area contributed by atoms with Crippen LogP contribution in [0.2, 0.25) is 0 Å². The number of hydrogen-bond donors (Lipinski definition) is 0. The van der Waals surface area contributed by atoms with Gasteiger partial charge in [0.25, 0.3) is 0 Å². The van der Waals surface area contributed by atoms with Gasteiger partial charge in [0.05, 0.1) is 19.6 Å². The van der Waals surface area contributed by atoms with E-state index in [4.69, 9.17) is 9.47 Å². The monoisotopic (exact) mass is 394 g/mol. The molecule has 29 heavy (non-hydrogen) atoms. The van der Waals surface area contributed by atoms with Crippen LogP contribution in [0.3, 0.4) is 0 Å². The minimum atomic E-state index is -0.327. The molecular weight excluding hydrogens is 368 g/mol. The molecule has 6 nitrogen and oxygen atoms in total. The van der Waals surface area contributed by atoms with Crippen molar-refractivity contribution in [3.63, 3.8) is 0 Å². The van der Waals surface area contributed by atoms with E-state index in [0.29, 0.717) is 26.2 Å². The topological polar surface area (TPSA) is 59.1 Å². The van der Waals surface area contributed by atoms with Gasteiger partial charge in [0.15, 0.2) is 0 Å². The van der Waals surface area contributed by atoms with E-state index in [9.17, 15) is 9.59 Å². The van der Waals surface area contributed by atoms with Crippen molar-refractivity contribution in [1.29, 1.82) is 0 Å². The average molecular weight is 394 g/mol. The SMILES string of the molecule is CCc1ccccc1N1CC(C(=O)N2CCOc3cc(OC)ccc3C2)CC1=O. The molecule has 0 N–H and O–H groups in total. The maximum atomic E-state index is 13.2. The third-order valence-electron chi connectivity index (χ3n) is 5.70. The first-order chi connectivity index (χ1) is 14.1. The number of carbonyl (C=O) groups is 2. The highest BCUT2D eigenvalue weighted by Crippen LogP contribution is 2.32. The molecule has 0 aliphatic carbocycles. The van der Waals surface area contributed by atoms with Crippen LogP contribution < -0.4 is 14.4 Å². The lowest BCUT2D eigenvalue weighted by molar-refractivity contribution is -0.136. The first kappa shape index (κ1) is 19.3. The van der Waals surface area contributed by atoms with E-state index in [0.717, 1.165) is 34.7 Å². The molecule has 0 spiro atoms. The minimum absolute atomic E-state index is 0.0143. The Morgan fingerprint density at radius 2 is 2.07 bits per heavy atom. The number of methoxy groups -OCH3 is 1. The van der Waals surface area contributed by atoms with Gasteiger partial charge in [-0.15, -0.1) is 0 Å². The van der Waals surface area contributed by atoms with E-state index in [1.54, 1.807) is 12.0 Å². The molecule has 0 radical (unpaired) electrons. The summed E-state index contributed by atoms with van der Waals surface area (Å²) in [5, 5.41) is 0. The van der Waals surface area contributed by atoms with Crippen molar-refractivity contribution < 1.29 is 19.1 Å². The number of ether oxygens (including phenoxy) is 2. The molecule has 6 heteroatoms. The number of nitrogens with zero attached hydrogens (tertiary/aromatic N) is 2. The van der Waals surface area contributed by atoms with Crippen LogP contribution in [0, 0.1) is 5.92 Å². The Kier molecular flexibility index (Phi) is 5.43. The van der Waals surface area contributed by atoms with Gasteiger partial charge in [-0.05, 0) is 30.2 Å². The molecule has 2 aromatic carbocycles. The Morgan fingerprint density at radius 3 is 2.86 bits per heavy atom. The van der Waals surface area contributed by atoms with E-state index < -0.39 is 0 Å². The molecule has 2 aliphatic heterocycles. The number of hydrogen-bond acceptors (Lipinski definition) is 4. The summed E-state index contributed by atoms with van der Waals surface area (Å²) >= 11 is 0. The lowest BCUT2D eigenvalue weighted by Crippen LogP contribution is -2.38. The number of anilines is 1. The van der Waals surface area contributed by atoms with Crippen molar-refractivity contribution in [2.75, 3.05) is 31.7 Å². The van der Waals surface area contributed by atoms with Gasteiger partial charge in [0.1, 0.15) is 18.1 Å². The predicted molar refractivity (Wildman–Crippen MR) is 110 cm³/mol. The molecule has 1 unspecified atom stereocenters. The van der Waals surface area contributed by atoms with Gasteiger partial charge in [-0.3, -0.25) is 9.59 Å². The minimum Gasteiger partial charge on any atom is -0.497 e. The maximum Gasteiger partial charge on any atom is 0.228 e. The average Bonchev–Trinajstić information content (AvgIpc) is 3.01. The first-order valence-corrected chi connectivity index (χ1v) is 10.1. The number of aryl methyl sites for hydroxylation is 1. The molecule has 1 atom stereocenters. The summed E-state index contributed by atoms with van der Waals surface area (Å²) in [6.45, 7) is 3.92. The molecule has 2 aliphatic rings. The summed E-state index contributed by atoms with van der Waals surface area (Å²) < 4.78 is 11.1. The van der Waals surface area contributed by atoms with E-state index in [-0.39, 0.29) is 24.2 Å². The number of para-hydroxylation sites is 1. The van der Waals surface area contributed by atoms with Gasteiger partial charge in [0.2, 0.25) is 11.8 Å². The molecule has 1 saturated heterocycles. The molecule has 0 saturated carbocycles. The zero-order chi connectivity index (χ0) is 20.4. The zero-order valence-electron chi connectivity index (χ0n) is 16.9. The highest BCUT2D eigenvalue weighted by molar-refractivity contribution is 6.00. The van der Waals surface area contributed by atoms with Gasteiger partial charge >= 0.3 is 0 Å². The van der Waals surface area contributed by atoms with Crippen molar-refractivity contribution >= 4 is 17.5 Å². The number of carbonyl (C=O) groups excluding carboxylic acids is 2. The lowest BCUT2D eigenvalue weighted by Gasteiger charge is -2.24. The molecule has 2 aromatic rings. The number of rotatable bonds is 4. The Hall–Kier alpha value is -3.02. The fourth-order valence-corrected chi connectivity index (χ4v) is 4.10. The second kappa shape index (κ2) is 8.15. The van der Waals surface area contributed by atoms with Crippen molar-refractivity contribution in [3.05, 3.63) is 53.6 Å². The smallest absolute Gasteiger partial charge is 0.228 e. The maximum absolute atomic E-state index is 13.2. The van der Waals surface area contributed by atoms with Crippen LogP contribution in [0.5, 0.6) is 11.5 Å². The third-order valence-corrected chi connectivity index (χ3v) is 5.70. The summed E-state index contributed by atoms with van der Waals surface area (Å²) in [6.07, 6.45) is 1.10. The van der Waals surface area contributed by atoms with Gasteiger partial charge in [-0.25, -0.2) is 0 Å². The molecule has 4 rings (SSSR count). The zero-order valence-corrected chi connectivity index (χ0v) is 16.9. The first-order valence-electron chi connectivity index (χ1n) is 10.1. The van der Waals surface area contributed by atoms with E-state index >= 15 is 0 Å². The molecule has 2 heterocycles. The molecule has 152 valence electrons. The fourth-order valence-electron chi connectivity index (χ4n) is 4.10. The normalized spacial score (nSPS) is 18.8. The highest BCUT2D eigenvalue weighted by atomic mass is 16.5. The molecule has 0 bridgehead atoms. The standard InChI is InChI=1S/C23H26N2O4/c1-3-16-6-4-5-7-20(16)25-15-18(12-22(25)26)23(27)24-10-11-29-21-13-19(28-2)9-8-17(21)14-24/h4-9,13,18H,3,10-12,14-15H2,1-2H3. The quantitative estimate of drug-likeness (QED) is 0.800. The third kappa shape index (κ3) is 3.79. The predicted octanol–water partition coefficient (Wildman–Crippen LogP) is 3.03. The van der Waals surface area contributed by atoms with Crippen molar-refractivity contribution in [1.82, 2.24) is 4.90 Å². The Morgan fingerprint density at radius 1 is 1.24 bits per heavy atom. The summed E-state index contributed by atoms with van der Waals surface area (Å²) in [5.74, 6) is 1.19. The van der Waals surface area contributed by atoms with Crippen molar-refractivity contribution in [2.45, 2.75) is 26.3 Å². The van der Waals surface area contributed by atoms with Crippen LogP contribution in [0.4, 0.5) is 5.69 Å². The van der Waals surface area contributed by atoms with Gasteiger partial charge in [-0.2, -0.15) is 0 Å². The Balaban J connectivity index is 1.50. The van der Waals surface area contributed by atoms with Crippen LogP contribution in [-0.2, 0) is 22.6 Å². The van der Waals surface area contributed by atoms with Gasteiger partial charge in [-0.1, -0.05) is 25.1 Å². The van der Waals surface area contributed by atoms with Crippen LogP contribution in [0.1, 0.15) is 24.5 Å². The van der Waals surface area contributed by atoms with Crippen LogP contribution >= 0.6 is 0 Å². The van der Waals surface area contributed by atoms with Crippen molar-refractivity contribution in [3.8, 4) is 11.5 Å². The summed E-state index contributed by atoms with van der Waals surface area (Å²) in [4.78, 5) is 29.5. The summed E-state index contributed by atoms with van der Waals surface area (Å²) in [5.41, 5.74) is 3.00. The Labute approximate surface area is 171 Å². The Bertz CT molecular complexity index is 927. The summed E-state index contributed by atoms with van der Waals surface area (Å²) in [7, 11) is 1.62. The number of amides is 2. The second-order valence-electron chi connectivity index (χ2n) is 7.47. The van der Waals surface area contributed by atoms with E-state index in [1.807, 2.05) is 47.4 Å². The molecule has 2 amide bonds. The van der Waals surface area contributed by atoms with Gasteiger partial charge in [0, 0.05) is 36.8 Å². The fraction of sp³-hybridized carbons (Fsp3) is 0.391. The largest absolute Gasteiger partial charge is 0.497 e. The number of benzene rings is 2. The van der Waals surface area contributed by atoms with Crippen LogP contribution in [-0.4, -0.2) is 43.5 Å². The van der Waals surface area contributed by atoms with Crippen LogP contribution in [0.25, 0.3) is 0 Å². The van der Waals surface area contributed by atoms with Crippen LogP contribution in [0.15, 0.2) is 42.5 Å². The van der Waals surface area contributed by atoms with Gasteiger partial charge < -0.3 is 19.3 Å². The highest BCUT2D eigenvalue weighted by Gasteiger charge is 2.38. The molecule has 1 fully saturated rings. The number of fused-ring (bicyclic) bond motifs is 1. The van der Waals surface area contributed by atoms with Crippen molar-refractivity contribution in [2.24, 2.45) is 5.92 Å². The molecular formula is C23H26N2O4. The lowest BCUT2D eigenvalue weighted by atomic mass is 10.1. The van der Waals surface area contributed by atoms with E-state index in [1.165, 1.54) is 0 Å².